The average Bonchev–Trinajstić information content (AvgIpc) is 2.85. The molecular weight excluding hydrogens is 398 g/mol. The van der Waals surface area contributed by atoms with Gasteiger partial charge < -0.3 is 14.6 Å². The number of carboxylic acids is 1. The number of thiocarbonyl (C=S) groups is 1. The van der Waals surface area contributed by atoms with Crippen molar-refractivity contribution in [1.82, 2.24) is 4.90 Å². The number of halogens is 1. The van der Waals surface area contributed by atoms with Gasteiger partial charge in [0.1, 0.15) is 10.9 Å². The number of thioether (sulfide) groups is 1. The maximum Gasteiger partial charge on any atom is 0.305 e. The Morgan fingerprint density at radius 3 is 2.88 bits per heavy atom. The Bertz CT molecular complexity index is 831. The Kier molecular flexibility index (Phi) is 6.91. The number of methoxy groups -OCH3 is 1. The number of carbonyl (C=O) groups is 2. The molecule has 1 aromatic carbocycles. The second-order valence-corrected chi connectivity index (χ2v) is 7.09. The smallest absolute Gasteiger partial charge is 0.305 e. The molecule has 0 atom stereocenters. The molecule has 0 aliphatic carbocycles. The number of benzene rings is 1. The van der Waals surface area contributed by atoms with E-state index in [-0.39, 0.29) is 30.5 Å². The summed E-state index contributed by atoms with van der Waals surface area (Å²) in [5.41, 5.74) is 0.610. The Balaban J connectivity index is 2.28. The van der Waals surface area contributed by atoms with Crippen molar-refractivity contribution in [1.29, 1.82) is 0 Å². The molecule has 1 aliphatic heterocycles. The van der Waals surface area contributed by atoms with Crippen LogP contribution in [0.1, 0.15) is 12.0 Å². The normalized spacial score (nSPS) is 15.3. The monoisotopic (exact) mass is 411 g/mol. The van der Waals surface area contributed by atoms with Gasteiger partial charge in [-0.15, -0.1) is 6.42 Å². The first-order valence-corrected chi connectivity index (χ1v) is 8.88. The van der Waals surface area contributed by atoms with Gasteiger partial charge in [0, 0.05) is 6.54 Å². The predicted molar refractivity (Wildman–Crippen MR) is 104 cm³/mol. The van der Waals surface area contributed by atoms with Crippen molar-refractivity contribution in [3.8, 4) is 23.8 Å². The summed E-state index contributed by atoms with van der Waals surface area (Å²) < 4.78 is 10.9. The van der Waals surface area contributed by atoms with Crippen LogP contribution in [0.15, 0.2) is 17.0 Å². The van der Waals surface area contributed by atoms with Crippen molar-refractivity contribution in [3.05, 3.63) is 27.6 Å². The summed E-state index contributed by atoms with van der Waals surface area (Å²) in [6, 6.07) is 3.27. The molecule has 0 radical (unpaired) electrons. The lowest BCUT2D eigenvalue weighted by Gasteiger charge is -2.12. The molecule has 26 heavy (non-hydrogen) atoms. The Morgan fingerprint density at radius 1 is 1.54 bits per heavy atom. The third-order valence-electron chi connectivity index (χ3n) is 3.27. The molecule has 1 N–H and O–H groups in total. The molecule has 2 rings (SSSR count). The van der Waals surface area contributed by atoms with Crippen LogP contribution in [-0.2, 0) is 9.59 Å². The van der Waals surface area contributed by atoms with Crippen LogP contribution < -0.4 is 9.47 Å². The van der Waals surface area contributed by atoms with Gasteiger partial charge in [-0.3, -0.25) is 14.5 Å². The zero-order valence-corrected chi connectivity index (χ0v) is 16.0. The maximum absolute atomic E-state index is 12.4. The van der Waals surface area contributed by atoms with Crippen LogP contribution >= 0.6 is 35.6 Å². The predicted octanol–water partition coefficient (Wildman–Crippen LogP) is 3.04. The van der Waals surface area contributed by atoms with Crippen molar-refractivity contribution in [2.24, 2.45) is 0 Å². The molecule has 0 spiro atoms. The first-order valence-electron chi connectivity index (χ1n) is 7.28. The molecule has 0 aromatic heterocycles. The highest BCUT2D eigenvalue weighted by molar-refractivity contribution is 8.26. The Morgan fingerprint density at radius 2 is 2.27 bits per heavy atom. The number of carboxylic acid groups (broad SMARTS) is 1. The number of hydrogen-bond acceptors (Lipinski definition) is 6. The zero-order valence-electron chi connectivity index (χ0n) is 13.7. The Hall–Kier alpha value is -2.21. The summed E-state index contributed by atoms with van der Waals surface area (Å²) in [4.78, 5) is 24.8. The summed E-state index contributed by atoms with van der Waals surface area (Å²) >= 11 is 12.5. The lowest BCUT2D eigenvalue weighted by Crippen LogP contribution is -2.30. The van der Waals surface area contributed by atoms with Crippen molar-refractivity contribution < 1.29 is 24.2 Å². The quantitative estimate of drug-likeness (QED) is 0.420. The molecule has 1 amide bonds. The van der Waals surface area contributed by atoms with Gasteiger partial charge in [0.2, 0.25) is 0 Å². The number of terminal acetylenes is 1. The van der Waals surface area contributed by atoms with Gasteiger partial charge in [0.15, 0.2) is 11.5 Å². The highest BCUT2D eigenvalue weighted by Crippen LogP contribution is 2.39. The van der Waals surface area contributed by atoms with E-state index in [1.165, 1.54) is 12.0 Å². The number of nitrogens with zero attached hydrogens (tertiary/aromatic N) is 1. The van der Waals surface area contributed by atoms with Crippen LogP contribution in [0.25, 0.3) is 6.08 Å². The van der Waals surface area contributed by atoms with Crippen LogP contribution in [-0.4, -0.2) is 46.5 Å². The minimum absolute atomic E-state index is 0.0281. The van der Waals surface area contributed by atoms with Crippen LogP contribution in [0.2, 0.25) is 5.02 Å². The van der Waals surface area contributed by atoms with E-state index in [9.17, 15) is 9.59 Å². The first kappa shape index (κ1) is 20.1. The van der Waals surface area contributed by atoms with Gasteiger partial charge in [0.25, 0.3) is 5.91 Å². The SMILES string of the molecule is C#CCOc1c(Cl)cc(/C=C2\SC(=S)N(CCC(=O)O)C2=O)cc1OC. The van der Waals surface area contributed by atoms with E-state index in [0.717, 1.165) is 11.8 Å². The highest BCUT2D eigenvalue weighted by Gasteiger charge is 2.32. The summed E-state index contributed by atoms with van der Waals surface area (Å²) in [5.74, 6) is 1.70. The minimum atomic E-state index is -0.998. The summed E-state index contributed by atoms with van der Waals surface area (Å²) in [7, 11) is 1.46. The second-order valence-electron chi connectivity index (χ2n) is 5.00. The van der Waals surface area contributed by atoms with Gasteiger partial charge in [-0.1, -0.05) is 41.5 Å². The van der Waals surface area contributed by atoms with Gasteiger partial charge in [-0.25, -0.2) is 0 Å². The molecule has 0 unspecified atom stereocenters. The summed E-state index contributed by atoms with van der Waals surface area (Å²) in [5, 5.41) is 9.05. The first-order chi connectivity index (χ1) is 12.4. The lowest BCUT2D eigenvalue weighted by atomic mass is 10.1. The maximum atomic E-state index is 12.4. The van der Waals surface area contributed by atoms with E-state index in [2.05, 4.69) is 5.92 Å². The van der Waals surface area contributed by atoms with Crippen LogP contribution in [0.4, 0.5) is 0 Å². The molecular formula is C17H14ClNO5S2. The number of carbonyl (C=O) groups excluding carboxylic acids is 1. The zero-order chi connectivity index (χ0) is 19.3. The summed E-state index contributed by atoms with van der Waals surface area (Å²) in [6.45, 7) is 0.0674. The fraction of sp³-hybridized carbons (Fsp3) is 0.235. The van der Waals surface area contributed by atoms with Crippen LogP contribution in [0, 0.1) is 12.3 Å². The molecule has 1 aromatic rings. The average molecular weight is 412 g/mol. The van der Waals surface area contributed by atoms with E-state index in [4.69, 9.17) is 44.8 Å². The molecule has 1 heterocycles. The molecule has 1 saturated heterocycles. The number of aliphatic carboxylic acids is 1. The standard InChI is InChI=1S/C17H14ClNO5S2/c1-3-6-24-15-11(18)7-10(8-12(15)23-2)9-13-16(22)19(17(25)26-13)5-4-14(20)21/h1,7-9H,4-6H2,2H3,(H,20,21)/b13-9-. The minimum Gasteiger partial charge on any atom is -0.493 e. The van der Waals surface area contributed by atoms with Crippen molar-refractivity contribution in [3.63, 3.8) is 0 Å². The van der Waals surface area contributed by atoms with Gasteiger partial charge in [-0.05, 0) is 23.8 Å². The third kappa shape index (κ3) is 4.69. The molecule has 6 nitrogen and oxygen atoms in total. The van der Waals surface area contributed by atoms with Gasteiger partial charge >= 0.3 is 5.97 Å². The van der Waals surface area contributed by atoms with E-state index in [1.54, 1.807) is 18.2 Å². The lowest BCUT2D eigenvalue weighted by molar-refractivity contribution is -0.137. The fourth-order valence-corrected chi connectivity index (χ4v) is 3.71. The van der Waals surface area contributed by atoms with Crippen molar-refractivity contribution >= 4 is 57.9 Å². The second kappa shape index (κ2) is 8.94. The molecule has 136 valence electrons. The molecule has 1 aliphatic rings. The largest absolute Gasteiger partial charge is 0.493 e. The third-order valence-corrected chi connectivity index (χ3v) is 4.93. The van der Waals surface area contributed by atoms with E-state index in [1.807, 2.05) is 0 Å². The number of amides is 1. The van der Waals surface area contributed by atoms with E-state index in [0.29, 0.717) is 26.3 Å². The molecule has 1 fully saturated rings. The van der Waals surface area contributed by atoms with Crippen LogP contribution in [0.3, 0.4) is 0 Å². The van der Waals surface area contributed by atoms with E-state index >= 15 is 0 Å². The van der Waals surface area contributed by atoms with E-state index < -0.39 is 5.97 Å². The van der Waals surface area contributed by atoms with Crippen LogP contribution in [0.5, 0.6) is 11.5 Å². The van der Waals surface area contributed by atoms with Gasteiger partial charge in [0.05, 0.1) is 23.5 Å². The molecule has 0 bridgehead atoms. The Labute approximate surface area is 165 Å². The fourth-order valence-electron chi connectivity index (χ4n) is 2.13. The van der Waals surface area contributed by atoms with Crippen molar-refractivity contribution in [2.75, 3.05) is 20.3 Å². The highest BCUT2D eigenvalue weighted by atomic mass is 35.5. The number of hydrogen-bond donors (Lipinski definition) is 1. The van der Waals surface area contributed by atoms with Gasteiger partial charge in [-0.2, -0.15) is 0 Å². The molecule has 9 heteroatoms. The van der Waals surface area contributed by atoms with Crippen molar-refractivity contribution in [2.45, 2.75) is 6.42 Å². The molecule has 0 saturated carbocycles. The number of rotatable bonds is 7. The topological polar surface area (TPSA) is 76.1 Å². The number of ether oxygens (including phenoxy) is 2. The summed E-state index contributed by atoms with van der Waals surface area (Å²) in [6.07, 6.45) is 6.61.